The van der Waals surface area contributed by atoms with Crippen LogP contribution in [0.1, 0.15) is 6.92 Å². The Balaban J connectivity index is 2.12. The second kappa shape index (κ2) is 4.97. The highest BCUT2D eigenvalue weighted by molar-refractivity contribution is 7.99. The van der Waals surface area contributed by atoms with Gasteiger partial charge in [-0.15, -0.1) is 5.10 Å². The van der Waals surface area contributed by atoms with Crippen LogP contribution in [0.25, 0.3) is 10.9 Å². The molecule has 102 valence electrons. The lowest BCUT2D eigenvalue weighted by Crippen LogP contribution is -2.16. The molecule has 3 aromatic rings. The van der Waals surface area contributed by atoms with E-state index >= 15 is 0 Å². The van der Waals surface area contributed by atoms with Gasteiger partial charge in [-0.2, -0.15) is 0 Å². The van der Waals surface area contributed by atoms with Crippen LogP contribution in [0.2, 0.25) is 0 Å². The van der Waals surface area contributed by atoms with E-state index in [9.17, 15) is 4.79 Å². The number of aromatic amines is 1. The van der Waals surface area contributed by atoms with Gasteiger partial charge >= 0.3 is 5.69 Å². The molecule has 0 aliphatic heterocycles. The molecule has 3 rings (SSSR count). The molecule has 20 heavy (non-hydrogen) atoms. The Kier molecular flexibility index (Phi) is 3.15. The third kappa shape index (κ3) is 2.14. The van der Waals surface area contributed by atoms with Crippen LogP contribution in [0.15, 0.2) is 39.2 Å². The molecule has 1 aromatic carbocycles. The highest BCUT2D eigenvalue weighted by atomic mass is 32.2. The summed E-state index contributed by atoms with van der Waals surface area (Å²) in [6.07, 6.45) is 0. The molecule has 7 nitrogen and oxygen atoms in total. The Morgan fingerprint density at radius 2 is 2.15 bits per heavy atom. The largest absolute Gasteiger partial charge is 0.368 e. The molecule has 0 bridgehead atoms. The summed E-state index contributed by atoms with van der Waals surface area (Å²) in [7, 11) is 0. The number of hydrogen-bond donors (Lipinski definition) is 2. The van der Waals surface area contributed by atoms with Gasteiger partial charge < -0.3 is 5.73 Å². The molecule has 0 radical (unpaired) electrons. The molecule has 0 saturated heterocycles. The summed E-state index contributed by atoms with van der Waals surface area (Å²) < 4.78 is 1.54. The summed E-state index contributed by atoms with van der Waals surface area (Å²) in [4.78, 5) is 20.0. The van der Waals surface area contributed by atoms with E-state index in [4.69, 9.17) is 5.73 Å². The maximum Gasteiger partial charge on any atom is 0.343 e. The number of hydrogen-bond acceptors (Lipinski definition) is 6. The Hall–Kier alpha value is -2.35. The number of nitrogens with one attached hydrogen (secondary N) is 1. The summed E-state index contributed by atoms with van der Waals surface area (Å²) in [5.41, 5.74) is 6.25. The zero-order valence-corrected chi connectivity index (χ0v) is 11.5. The number of nitrogen functional groups attached to an aromatic ring is 1. The molecule has 0 spiro atoms. The molecule has 0 fully saturated rings. The molecule has 8 heteroatoms. The average molecular weight is 288 g/mol. The predicted octanol–water partition coefficient (Wildman–Crippen LogP) is 1.27. The lowest BCUT2D eigenvalue weighted by atomic mass is 10.2. The van der Waals surface area contributed by atoms with Crippen LogP contribution in [-0.2, 0) is 6.54 Å². The van der Waals surface area contributed by atoms with E-state index in [0.29, 0.717) is 16.7 Å². The van der Waals surface area contributed by atoms with E-state index in [1.165, 1.54) is 16.3 Å². The van der Waals surface area contributed by atoms with Crippen molar-refractivity contribution in [3.63, 3.8) is 0 Å². The SMILES string of the molecule is CCn1c(Sc2nc(N)nc3ccccc23)n[nH]c1=O. The van der Waals surface area contributed by atoms with Gasteiger partial charge in [0.05, 0.1) is 5.52 Å². The number of rotatable bonds is 3. The van der Waals surface area contributed by atoms with E-state index in [2.05, 4.69) is 20.2 Å². The average Bonchev–Trinajstić information content (AvgIpc) is 2.79. The zero-order chi connectivity index (χ0) is 14.1. The quantitative estimate of drug-likeness (QED) is 0.703. The molecule has 2 heterocycles. The lowest BCUT2D eigenvalue weighted by Gasteiger charge is -2.06. The van der Waals surface area contributed by atoms with Gasteiger partial charge in [0.15, 0.2) is 5.16 Å². The van der Waals surface area contributed by atoms with Gasteiger partial charge in [0, 0.05) is 11.9 Å². The number of aromatic nitrogens is 5. The van der Waals surface area contributed by atoms with E-state index in [0.717, 1.165) is 10.9 Å². The Morgan fingerprint density at radius 1 is 1.35 bits per heavy atom. The number of H-pyrrole nitrogens is 1. The summed E-state index contributed by atoms with van der Waals surface area (Å²) in [5, 5.41) is 8.56. The normalized spacial score (nSPS) is 11.1. The van der Waals surface area contributed by atoms with E-state index in [1.54, 1.807) is 0 Å². The fraction of sp³-hybridized carbons (Fsp3) is 0.167. The molecule has 0 aliphatic carbocycles. The number of fused-ring (bicyclic) bond motifs is 1. The molecule has 0 unspecified atom stereocenters. The second-order valence-corrected chi connectivity index (χ2v) is 5.02. The summed E-state index contributed by atoms with van der Waals surface area (Å²) in [6, 6.07) is 7.58. The zero-order valence-electron chi connectivity index (χ0n) is 10.7. The summed E-state index contributed by atoms with van der Waals surface area (Å²) in [5.74, 6) is 0.201. The fourth-order valence-electron chi connectivity index (χ4n) is 1.89. The highest BCUT2D eigenvalue weighted by Crippen LogP contribution is 2.30. The first-order chi connectivity index (χ1) is 9.69. The molecular formula is C12H12N6OS. The molecule has 0 saturated carbocycles. The van der Waals surface area contributed by atoms with Crippen LogP contribution >= 0.6 is 11.8 Å². The minimum Gasteiger partial charge on any atom is -0.368 e. The second-order valence-electron chi connectivity index (χ2n) is 4.06. The third-order valence-corrected chi connectivity index (χ3v) is 3.81. The maximum atomic E-state index is 11.6. The topological polar surface area (TPSA) is 102 Å². The van der Waals surface area contributed by atoms with Crippen molar-refractivity contribution < 1.29 is 0 Å². The number of nitrogens with zero attached hydrogens (tertiary/aromatic N) is 4. The van der Waals surface area contributed by atoms with Crippen LogP contribution in [-0.4, -0.2) is 24.7 Å². The van der Waals surface area contributed by atoms with Gasteiger partial charge in [0.2, 0.25) is 5.95 Å². The first-order valence-corrected chi connectivity index (χ1v) is 6.86. The van der Waals surface area contributed by atoms with Crippen LogP contribution in [0.3, 0.4) is 0 Å². The smallest absolute Gasteiger partial charge is 0.343 e. The molecule has 0 amide bonds. The number of anilines is 1. The number of nitrogens with two attached hydrogens (primary N) is 1. The van der Waals surface area contributed by atoms with Crippen LogP contribution in [0.4, 0.5) is 5.95 Å². The van der Waals surface area contributed by atoms with Crippen molar-refractivity contribution >= 4 is 28.6 Å². The maximum absolute atomic E-state index is 11.6. The van der Waals surface area contributed by atoms with Crippen molar-refractivity contribution in [2.75, 3.05) is 5.73 Å². The van der Waals surface area contributed by atoms with Crippen molar-refractivity contribution in [2.45, 2.75) is 23.7 Å². The Morgan fingerprint density at radius 3 is 2.95 bits per heavy atom. The predicted molar refractivity (Wildman–Crippen MR) is 76.6 cm³/mol. The fourth-order valence-corrected chi connectivity index (χ4v) is 2.90. The minimum absolute atomic E-state index is 0.201. The Bertz CT molecular complexity index is 824. The highest BCUT2D eigenvalue weighted by Gasteiger charge is 2.13. The molecular weight excluding hydrogens is 276 g/mol. The van der Waals surface area contributed by atoms with Crippen molar-refractivity contribution in [2.24, 2.45) is 0 Å². The lowest BCUT2D eigenvalue weighted by molar-refractivity contribution is 0.660. The molecule has 2 aromatic heterocycles. The molecule has 3 N–H and O–H groups in total. The first-order valence-electron chi connectivity index (χ1n) is 6.04. The third-order valence-electron chi connectivity index (χ3n) is 2.81. The van der Waals surface area contributed by atoms with Crippen LogP contribution < -0.4 is 11.4 Å². The van der Waals surface area contributed by atoms with E-state index in [1.807, 2.05) is 31.2 Å². The van der Waals surface area contributed by atoms with Gasteiger partial charge in [0.1, 0.15) is 5.03 Å². The van der Waals surface area contributed by atoms with Crippen LogP contribution in [0, 0.1) is 0 Å². The minimum atomic E-state index is -0.235. The summed E-state index contributed by atoms with van der Waals surface area (Å²) >= 11 is 1.29. The Labute approximate surface area is 118 Å². The van der Waals surface area contributed by atoms with Crippen molar-refractivity contribution in [3.05, 3.63) is 34.7 Å². The first kappa shape index (κ1) is 12.7. The van der Waals surface area contributed by atoms with E-state index in [-0.39, 0.29) is 11.6 Å². The standard InChI is InChI=1S/C12H12N6OS/c1-2-18-11(19)16-17-12(18)20-9-7-5-3-4-6-8(7)14-10(13)15-9/h3-6H,2H2,1H3,(H,16,19)(H2,13,14,15). The number of benzene rings is 1. The van der Waals surface area contributed by atoms with Crippen molar-refractivity contribution in [1.82, 2.24) is 24.7 Å². The van der Waals surface area contributed by atoms with Gasteiger partial charge in [0.25, 0.3) is 0 Å². The molecule has 0 aliphatic rings. The summed E-state index contributed by atoms with van der Waals surface area (Å²) in [6.45, 7) is 2.42. The monoisotopic (exact) mass is 288 g/mol. The molecule has 0 atom stereocenters. The van der Waals surface area contributed by atoms with E-state index < -0.39 is 0 Å². The van der Waals surface area contributed by atoms with Gasteiger partial charge in [-0.05, 0) is 24.8 Å². The van der Waals surface area contributed by atoms with Gasteiger partial charge in [-0.25, -0.2) is 19.9 Å². The van der Waals surface area contributed by atoms with Crippen molar-refractivity contribution in [1.29, 1.82) is 0 Å². The van der Waals surface area contributed by atoms with Gasteiger partial charge in [-0.3, -0.25) is 4.57 Å². The van der Waals surface area contributed by atoms with Gasteiger partial charge in [-0.1, -0.05) is 18.2 Å². The number of para-hydroxylation sites is 1. The van der Waals surface area contributed by atoms with Crippen molar-refractivity contribution in [3.8, 4) is 0 Å². The van der Waals surface area contributed by atoms with Crippen LogP contribution in [0.5, 0.6) is 0 Å².